The molecule has 0 spiro atoms. The van der Waals surface area contributed by atoms with Crippen LogP contribution in [-0.4, -0.2) is 4.57 Å². The summed E-state index contributed by atoms with van der Waals surface area (Å²) in [7, 11) is 0. The van der Waals surface area contributed by atoms with Crippen molar-refractivity contribution in [3.05, 3.63) is 34.4 Å². The van der Waals surface area contributed by atoms with Gasteiger partial charge in [-0.05, 0) is 44.5 Å². The van der Waals surface area contributed by atoms with Crippen molar-refractivity contribution in [3.8, 4) is 0 Å². The van der Waals surface area contributed by atoms with Crippen molar-refractivity contribution < 1.29 is 0 Å². The lowest BCUT2D eigenvalue weighted by molar-refractivity contribution is 0.622. The molecule has 0 atom stereocenters. The highest BCUT2D eigenvalue weighted by Crippen LogP contribution is 2.26. The van der Waals surface area contributed by atoms with Crippen molar-refractivity contribution in [1.82, 2.24) is 4.57 Å². The maximum Gasteiger partial charge on any atom is 0.0513 e. The van der Waals surface area contributed by atoms with Gasteiger partial charge in [0.15, 0.2) is 0 Å². The van der Waals surface area contributed by atoms with E-state index in [0.29, 0.717) is 6.04 Å². The van der Waals surface area contributed by atoms with Gasteiger partial charge in [-0.2, -0.15) is 0 Å². The molecule has 2 heteroatoms. The number of hydrogen-bond donors (Lipinski definition) is 0. The molecule has 1 nitrogen and oxygen atoms in total. The molecule has 0 fully saturated rings. The minimum absolute atomic E-state index is 0.521. The lowest BCUT2D eigenvalue weighted by atomic mass is 10.1. The van der Waals surface area contributed by atoms with E-state index in [-0.39, 0.29) is 0 Å². The molecule has 0 bridgehead atoms. The summed E-state index contributed by atoms with van der Waals surface area (Å²) in [6.07, 6.45) is 2.16. The largest absolute Gasteiger partial charge is 0.345 e. The molecule has 0 aliphatic carbocycles. The fourth-order valence-corrected chi connectivity index (χ4v) is 2.50. The number of aromatic nitrogens is 1. The number of rotatable bonds is 1. The first-order chi connectivity index (χ1) is 6.59. The molecule has 0 N–H and O–H groups in total. The second-order valence-corrected chi connectivity index (χ2v) is 4.89. The normalized spacial score (nSPS) is 11.5. The second kappa shape index (κ2) is 3.43. The highest BCUT2D eigenvalue weighted by atomic mass is 79.9. The molecule has 0 aliphatic rings. The first kappa shape index (κ1) is 9.78. The van der Waals surface area contributed by atoms with Crippen LogP contribution in [0.5, 0.6) is 0 Å². The molecule has 1 aromatic heterocycles. The van der Waals surface area contributed by atoms with Crippen LogP contribution < -0.4 is 0 Å². The van der Waals surface area contributed by atoms with Gasteiger partial charge in [-0.1, -0.05) is 15.9 Å². The monoisotopic (exact) mass is 251 g/mol. The van der Waals surface area contributed by atoms with Crippen LogP contribution >= 0.6 is 15.9 Å². The minimum atomic E-state index is 0.521. The van der Waals surface area contributed by atoms with Crippen molar-refractivity contribution in [3.63, 3.8) is 0 Å². The van der Waals surface area contributed by atoms with Gasteiger partial charge in [0.05, 0.1) is 5.52 Å². The zero-order valence-corrected chi connectivity index (χ0v) is 10.3. The van der Waals surface area contributed by atoms with Crippen molar-refractivity contribution >= 4 is 26.8 Å². The SMILES string of the molecule is Cc1cc(Br)cc2ccn(C(C)C)c12. The number of hydrogen-bond acceptors (Lipinski definition) is 0. The Morgan fingerprint density at radius 1 is 1.29 bits per heavy atom. The quantitative estimate of drug-likeness (QED) is 0.713. The molecule has 0 saturated heterocycles. The summed E-state index contributed by atoms with van der Waals surface area (Å²) in [4.78, 5) is 0. The number of benzene rings is 1. The molecule has 14 heavy (non-hydrogen) atoms. The Morgan fingerprint density at radius 3 is 2.64 bits per heavy atom. The van der Waals surface area contributed by atoms with Gasteiger partial charge in [0, 0.05) is 22.1 Å². The zero-order valence-electron chi connectivity index (χ0n) is 8.71. The molecule has 0 radical (unpaired) electrons. The predicted octanol–water partition coefficient (Wildman–Crippen LogP) is 4.29. The van der Waals surface area contributed by atoms with E-state index < -0.39 is 0 Å². The smallest absolute Gasteiger partial charge is 0.0513 e. The van der Waals surface area contributed by atoms with Crippen molar-refractivity contribution in [2.24, 2.45) is 0 Å². The molecule has 2 rings (SSSR count). The minimum Gasteiger partial charge on any atom is -0.345 e. The highest BCUT2D eigenvalue weighted by molar-refractivity contribution is 9.10. The van der Waals surface area contributed by atoms with E-state index in [9.17, 15) is 0 Å². The number of fused-ring (bicyclic) bond motifs is 1. The summed E-state index contributed by atoms with van der Waals surface area (Å²) >= 11 is 3.52. The summed E-state index contributed by atoms with van der Waals surface area (Å²) in [5.74, 6) is 0. The third kappa shape index (κ3) is 1.48. The Morgan fingerprint density at radius 2 is 2.00 bits per heavy atom. The first-order valence-electron chi connectivity index (χ1n) is 4.86. The maximum absolute atomic E-state index is 3.52. The van der Waals surface area contributed by atoms with Gasteiger partial charge in [0.2, 0.25) is 0 Å². The number of aryl methyl sites for hydroxylation is 1. The Balaban J connectivity index is 2.79. The molecule has 0 amide bonds. The number of halogens is 1. The summed E-state index contributed by atoms with van der Waals surface area (Å²) < 4.78 is 3.47. The maximum atomic E-state index is 3.52. The Kier molecular flexibility index (Phi) is 2.40. The van der Waals surface area contributed by atoms with E-state index in [2.05, 4.69) is 65.7 Å². The Labute approximate surface area is 92.9 Å². The van der Waals surface area contributed by atoms with Gasteiger partial charge in [0.1, 0.15) is 0 Å². The molecule has 0 saturated carbocycles. The molecular weight excluding hydrogens is 238 g/mol. The molecule has 1 heterocycles. The lowest BCUT2D eigenvalue weighted by Gasteiger charge is -2.11. The van der Waals surface area contributed by atoms with E-state index in [0.717, 1.165) is 4.47 Å². The summed E-state index contributed by atoms with van der Waals surface area (Å²) in [6.45, 7) is 6.58. The topological polar surface area (TPSA) is 4.93 Å². The van der Waals surface area contributed by atoms with Crippen LogP contribution in [-0.2, 0) is 0 Å². The molecule has 0 unspecified atom stereocenters. The van der Waals surface area contributed by atoms with Gasteiger partial charge < -0.3 is 4.57 Å². The second-order valence-electron chi connectivity index (χ2n) is 3.98. The Bertz CT molecular complexity index is 468. The van der Waals surface area contributed by atoms with Crippen molar-refractivity contribution in [2.45, 2.75) is 26.8 Å². The van der Waals surface area contributed by atoms with Crippen molar-refractivity contribution in [2.75, 3.05) is 0 Å². The van der Waals surface area contributed by atoms with E-state index >= 15 is 0 Å². The van der Waals surface area contributed by atoms with Gasteiger partial charge in [0.25, 0.3) is 0 Å². The Hall–Kier alpha value is -0.760. The van der Waals surface area contributed by atoms with Gasteiger partial charge in [-0.25, -0.2) is 0 Å². The lowest BCUT2D eigenvalue weighted by Crippen LogP contribution is -1.99. The predicted molar refractivity (Wildman–Crippen MR) is 64.8 cm³/mol. The van der Waals surface area contributed by atoms with E-state index in [1.54, 1.807) is 0 Å². The molecule has 2 aromatic rings. The zero-order chi connectivity index (χ0) is 10.3. The van der Waals surface area contributed by atoms with Crippen LogP contribution in [0.3, 0.4) is 0 Å². The van der Waals surface area contributed by atoms with Gasteiger partial charge in [-0.3, -0.25) is 0 Å². The molecule has 0 aliphatic heterocycles. The standard InChI is InChI=1S/C12H14BrN/c1-8(2)14-5-4-10-7-11(13)6-9(3)12(10)14/h4-8H,1-3H3. The summed E-state index contributed by atoms with van der Waals surface area (Å²) in [5.41, 5.74) is 2.68. The van der Waals surface area contributed by atoms with Crippen LogP contribution in [0.2, 0.25) is 0 Å². The van der Waals surface area contributed by atoms with E-state index in [1.807, 2.05) is 0 Å². The first-order valence-corrected chi connectivity index (χ1v) is 5.65. The van der Waals surface area contributed by atoms with Gasteiger partial charge >= 0.3 is 0 Å². The average molecular weight is 252 g/mol. The van der Waals surface area contributed by atoms with E-state index in [1.165, 1.54) is 16.5 Å². The van der Waals surface area contributed by atoms with Gasteiger partial charge in [-0.15, -0.1) is 0 Å². The highest BCUT2D eigenvalue weighted by Gasteiger charge is 2.07. The fraction of sp³-hybridized carbons (Fsp3) is 0.333. The van der Waals surface area contributed by atoms with Crippen LogP contribution in [0.4, 0.5) is 0 Å². The van der Waals surface area contributed by atoms with Crippen LogP contribution in [0, 0.1) is 6.92 Å². The summed E-state index contributed by atoms with van der Waals surface area (Å²) in [6, 6.07) is 7.03. The van der Waals surface area contributed by atoms with Crippen molar-refractivity contribution in [1.29, 1.82) is 0 Å². The van der Waals surface area contributed by atoms with Crippen LogP contribution in [0.25, 0.3) is 10.9 Å². The summed E-state index contributed by atoms with van der Waals surface area (Å²) in [5, 5.41) is 1.31. The third-order valence-corrected chi connectivity index (χ3v) is 2.98. The fourth-order valence-electron chi connectivity index (χ4n) is 1.91. The third-order valence-electron chi connectivity index (χ3n) is 2.52. The van der Waals surface area contributed by atoms with Crippen LogP contribution in [0.1, 0.15) is 25.5 Å². The molecular formula is C12H14BrN. The van der Waals surface area contributed by atoms with E-state index in [4.69, 9.17) is 0 Å². The average Bonchev–Trinajstić information content (AvgIpc) is 2.47. The van der Waals surface area contributed by atoms with Crippen LogP contribution in [0.15, 0.2) is 28.9 Å². The molecule has 74 valence electrons. The molecule has 1 aromatic carbocycles. The number of nitrogens with zero attached hydrogens (tertiary/aromatic N) is 1.